The Morgan fingerprint density at radius 1 is 0.750 bits per heavy atom. The third kappa shape index (κ3) is 17.1. The molecule has 2 aromatic carbocycles. The van der Waals surface area contributed by atoms with Gasteiger partial charge in [-0.3, -0.25) is 24.0 Å². The molecule has 2 aromatic rings. The molecule has 0 saturated carbocycles. The van der Waals surface area contributed by atoms with E-state index < -0.39 is 29.3 Å². The second kappa shape index (κ2) is 22.4. The highest BCUT2D eigenvalue weighted by molar-refractivity contribution is 5.94. The molecule has 0 aliphatic rings. The van der Waals surface area contributed by atoms with Crippen molar-refractivity contribution < 1.29 is 28.7 Å². The van der Waals surface area contributed by atoms with Crippen molar-refractivity contribution in [1.82, 2.24) is 16.0 Å². The molecule has 0 radical (unpaired) electrons. The van der Waals surface area contributed by atoms with Crippen molar-refractivity contribution in [3.63, 3.8) is 0 Å². The van der Waals surface area contributed by atoms with E-state index >= 15 is 0 Å². The van der Waals surface area contributed by atoms with Gasteiger partial charge in [0.2, 0.25) is 23.6 Å². The topological polar surface area (TPSA) is 157 Å². The number of amides is 4. The van der Waals surface area contributed by atoms with Gasteiger partial charge in [0.15, 0.2) is 0 Å². The molecule has 5 N–H and O–H groups in total. The Kier molecular flexibility index (Phi) is 18.6. The van der Waals surface area contributed by atoms with Gasteiger partial charge in [-0.05, 0) is 49.9 Å². The van der Waals surface area contributed by atoms with Gasteiger partial charge in [0.05, 0.1) is 0 Å². The van der Waals surface area contributed by atoms with Crippen LogP contribution < -0.4 is 26.4 Å². The minimum absolute atomic E-state index is 0.132. The molecular weight excluding hydrogens is 608 g/mol. The number of esters is 1. The zero-order chi connectivity index (χ0) is 35.2. The highest BCUT2D eigenvalue weighted by Crippen LogP contribution is 2.16. The van der Waals surface area contributed by atoms with Crippen molar-refractivity contribution >= 4 is 29.6 Å². The number of rotatable bonds is 24. The SMILES string of the molecule is CCCCCCCCCCCCC(=O)Oc1ccc(CCNC(=O)C(C)(C)NC(=O)[C@@H](Cc2ccccc2)NC(=O)CCC(N)=O)cc1. The zero-order valence-electron chi connectivity index (χ0n) is 29.1. The number of primary amides is 1. The molecule has 0 saturated heterocycles. The van der Waals surface area contributed by atoms with Gasteiger partial charge in [0.25, 0.3) is 0 Å². The van der Waals surface area contributed by atoms with Crippen LogP contribution in [-0.2, 0) is 36.8 Å². The van der Waals surface area contributed by atoms with E-state index in [2.05, 4.69) is 22.9 Å². The molecule has 0 aliphatic heterocycles. The minimum atomic E-state index is -1.27. The number of nitrogens with one attached hydrogen (secondary N) is 3. The molecule has 10 heteroatoms. The summed E-state index contributed by atoms with van der Waals surface area (Å²) in [6.07, 6.45) is 13.0. The van der Waals surface area contributed by atoms with Crippen LogP contribution >= 0.6 is 0 Å². The normalized spacial score (nSPS) is 11.7. The molecule has 10 nitrogen and oxygen atoms in total. The van der Waals surface area contributed by atoms with E-state index in [-0.39, 0.29) is 31.1 Å². The fourth-order valence-corrected chi connectivity index (χ4v) is 5.22. The maximum Gasteiger partial charge on any atom is 0.311 e. The summed E-state index contributed by atoms with van der Waals surface area (Å²) in [5.74, 6) is -1.73. The highest BCUT2D eigenvalue weighted by atomic mass is 16.5. The Labute approximate surface area is 286 Å². The Balaban J connectivity index is 1.75. The van der Waals surface area contributed by atoms with Crippen LogP contribution in [0.5, 0.6) is 5.75 Å². The number of ether oxygens (including phenoxy) is 1. The number of hydrogen-bond donors (Lipinski definition) is 4. The van der Waals surface area contributed by atoms with Gasteiger partial charge in [-0.2, -0.15) is 0 Å². The molecule has 0 aromatic heterocycles. The third-order valence-electron chi connectivity index (χ3n) is 8.12. The lowest BCUT2D eigenvalue weighted by molar-refractivity contribution is -0.134. The molecule has 48 heavy (non-hydrogen) atoms. The zero-order valence-corrected chi connectivity index (χ0v) is 29.1. The van der Waals surface area contributed by atoms with Crippen LogP contribution in [0.1, 0.15) is 115 Å². The van der Waals surface area contributed by atoms with Crippen molar-refractivity contribution in [2.24, 2.45) is 5.73 Å². The molecule has 1 atom stereocenters. The van der Waals surface area contributed by atoms with Gasteiger partial charge in [0.1, 0.15) is 17.3 Å². The average Bonchev–Trinajstić information content (AvgIpc) is 3.05. The summed E-state index contributed by atoms with van der Waals surface area (Å²) in [5, 5.41) is 8.28. The smallest absolute Gasteiger partial charge is 0.311 e. The summed E-state index contributed by atoms with van der Waals surface area (Å²) < 4.78 is 5.49. The van der Waals surface area contributed by atoms with Crippen molar-refractivity contribution in [3.05, 3.63) is 65.7 Å². The maximum absolute atomic E-state index is 13.3. The Morgan fingerprint density at radius 2 is 1.35 bits per heavy atom. The van der Waals surface area contributed by atoms with Crippen molar-refractivity contribution in [2.75, 3.05) is 6.54 Å². The molecule has 0 heterocycles. The van der Waals surface area contributed by atoms with Crippen LogP contribution in [0.25, 0.3) is 0 Å². The summed E-state index contributed by atoms with van der Waals surface area (Å²) in [4.78, 5) is 62.1. The summed E-state index contributed by atoms with van der Waals surface area (Å²) in [6.45, 7) is 5.74. The molecule has 0 aliphatic carbocycles. The van der Waals surface area contributed by atoms with E-state index in [1.54, 1.807) is 26.0 Å². The van der Waals surface area contributed by atoms with E-state index in [0.717, 1.165) is 30.4 Å². The Bertz CT molecular complexity index is 1280. The summed E-state index contributed by atoms with van der Waals surface area (Å²) >= 11 is 0. The number of carbonyl (C=O) groups is 5. The van der Waals surface area contributed by atoms with E-state index in [1.165, 1.54) is 44.9 Å². The predicted molar refractivity (Wildman–Crippen MR) is 188 cm³/mol. The van der Waals surface area contributed by atoms with Crippen LogP contribution in [0.4, 0.5) is 0 Å². The summed E-state index contributed by atoms with van der Waals surface area (Å²) in [6, 6.07) is 15.4. The average molecular weight is 665 g/mol. The maximum atomic E-state index is 13.3. The van der Waals surface area contributed by atoms with E-state index in [0.29, 0.717) is 25.1 Å². The lowest BCUT2D eigenvalue weighted by atomic mass is 10.0. The molecule has 264 valence electrons. The number of benzene rings is 2. The summed E-state index contributed by atoms with van der Waals surface area (Å²) in [5.41, 5.74) is 5.66. The van der Waals surface area contributed by atoms with Crippen molar-refractivity contribution in [1.29, 1.82) is 0 Å². The minimum Gasteiger partial charge on any atom is -0.427 e. The first-order chi connectivity index (χ1) is 23.0. The van der Waals surface area contributed by atoms with Crippen molar-refractivity contribution in [2.45, 2.75) is 129 Å². The Morgan fingerprint density at radius 3 is 1.96 bits per heavy atom. The van der Waals surface area contributed by atoms with E-state index in [4.69, 9.17) is 10.5 Å². The fraction of sp³-hybridized carbons (Fsp3) is 0.553. The lowest BCUT2D eigenvalue weighted by Gasteiger charge is -2.28. The van der Waals surface area contributed by atoms with Crippen LogP contribution in [0.3, 0.4) is 0 Å². The summed E-state index contributed by atoms with van der Waals surface area (Å²) in [7, 11) is 0. The van der Waals surface area contributed by atoms with Crippen LogP contribution in [0, 0.1) is 0 Å². The van der Waals surface area contributed by atoms with Gasteiger partial charge in [-0.15, -0.1) is 0 Å². The third-order valence-corrected chi connectivity index (χ3v) is 8.12. The van der Waals surface area contributed by atoms with Crippen LogP contribution in [0.15, 0.2) is 54.6 Å². The predicted octanol–water partition coefficient (Wildman–Crippen LogP) is 5.45. The highest BCUT2D eigenvalue weighted by Gasteiger charge is 2.32. The lowest BCUT2D eigenvalue weighted by Crippen LogP contribution is -2.59. The second-order valence-corrected chi connectivity index (χ2v) is 12.9. The van der Waals surface area contributed by atoms with Gasteiger partial charge in [-0.1, -0.05) is 107 Å². The second-order valence-electron chi connectivity index (χ2n) is 12.9. The number of nitrogens with two attached hydrogens (primary N) is 1. The quantitative estimate of drug-likeness (QED) is 0.0664. The van der Waals surface area contributed by atoms with Crippen LogP contribution in [-0.4, -0.2) is 47.7 Å². The standard InChI is InChI=1S/C38H56N4O6/c1-4-5-6-7-8-9-10-11-12-16-19-35(45)48-31-22-20-29(21-23-31)26-27-40-37(47)38(2,3)42-36(46)32(28-30-17-14-13-15-18-30)41-34(44)25-24-33(39)43/h13-15,17-18,20-23,32H,4-12,16,19,24-28H2,1-3H3,(H2,39,43)(H,40,47)(H,41,44)(H,42,46)/t32-/m1/s1. The molecule has 2 rings (SSSR count). The van der Waals surface area contributed by atoms with Gasteiger partial charge < -0.3 is 26.4 Å². The van der Waals surface area contributed by atoms with Crippen LogP contribution in [0.2, 0.25) is 0 Å². The Hall–Kier alpha value is -4.21. The number of hydrogen-bond acceptors (Lipinski definition) is 6. The van der Waals surface area contributed by atoms with Gasteiger partial charge in [-0.25, -0.2) is 0 Å². The number of carbonyl (C=O) groups excluding carboxylic acids is 5. The monoisotopic (exact) mass is 664 g/mol. The first-order valence-corrected chi connectivity index (χ1v) is 17.5. The van der Waals surface area contributed by atoms with Crippen molar-refractivity contribution in [3.8, 4) is 5.75 Å². The van der Waals surface area contributed by atoms with Gasteiger partial charge in [0, 0.05) is 32.2 Å². The fourth-order valence-electron chi connectivity index (χ4n) is 5.22. The van der Waals surface area contributed by atoms with Gasteiger partial charge >= 0.3 is 5.97 Å². The number of unbranched alkanes of at least 4 members (excludes halogenated alkanes) is 9. The molecule has 4 amide bonds. The molecule has 0 unspecified atom stereocenters. The molecule has 0 fully saturated rings. The van der Waals surface area contributed by atoms with E-state index in [9.17, 15) is 24.0 Å². The first-order valence-electron chi connectivity index (χ1n) is 17.5. The molecular formula is C38H56N4O6. The molecule has 0 spiro atoms. The first kappa shape index (κ1) is 40.0. The molecule has 0 bridgehead atoms. The largest absolute Gasteiger partial charge is 0.427 e. The van der Waals surface area contributed by atoms with E-state index in [1.807, 2.05) is 42.5 Å².